The molecule has 1 fully saturated rings. The van der Waals surface area contributed by atoms with Gasteiger partial charge in [0.05, 0.1) is 34.7 Å². The first-order valence-corrected chi connectivity index (χ1v) is 9.97. The Balaban J connectivity index is 1.64. The third-order valence-corrected chi connectivity index (χ3v) is 6.29. The van der Waals surface area contributed by atoms with E-state index in [1.807, 2.05) is 10.6 Å². The molecule has 6 nitrogen and oxygen atoms in total. The lowest BCUT2D eigenvalue weighted by Gasteiger charge is -2.24. The molecule has 3 aliphatic heterocycles. The summed E-state index contributed by atoms with van der Waals surface area (Å²) in [6.07, 6.45) is 0.399. The molecule has 0 radical (unpaired) electrons. The zero-order valence-electron chi connectivity index (χ0n) is 19.0. The van der Waals surface area contributed by atoms with Gasteiger partial charge in [-0.3, -0.25) is 4.79 Å². The fraction of sp³-hybridized carbons (Fsp3) is 0.292. The molecule has 6 heteroatoms. The average Bonchev–Trinajstić information content (AvgIpc) is 3.24. The van der Waals surface area contributed by atoms with E-state index >= 15 is 0 Å². The van der Waals surface area contributed by atoms with Crippen molar-refractivity contribution < 1.29 is 8.91 Å². The van der Waals surface area contributed by atoms with E-state index in [2.05, 4.69) is 23.2 Å². The molecule has 0 saturated carbocycles. The molecule has 1 N–H and O–H groups in total. The summed E-state index contributed by atoms with van der Waals surface area (Å²) in [5.74, 6) is 6.82. The lowest BCUT2D eigenvalue weighted by Crippen LogP contribution is -2.40. The molecule has 146 valence electrons. The highest BCUT2D eigenvalue weighted by atomic mass is 16.2. The van der Waals surface area contributed by atoms with Crippen LogP contribution in [-0.4, -0.2) is 40.4 Å². The highest BCUT2D eigenvalue weighted by Crippen LogP contribution is 2.48. The van der Waals surface area contributed by atoms with Crippen LogP contribution in [0.4, 0.5) is 0 Å². The first-order valence-electron chi connectivity index (χ1n) is 11.5. The van der Waals surface area contributed by atoms with Gasteiger partial charge in [-0.15, -0.1) is 0 Å². The van der Waals surface area contributed by atoms with Crippen molar-refractivity contribution >= 4 is 16.9 Å². The minimum Gasteiger partial charge on any atom is -0.331 e. The summed E-state index contributed by atoms with van der Waals surface area (Å²) in [4.78, 5) is 19.3. The van der Waals surface area contributed by atoms with E-state index in [1.165, 1.54) is 0 Å². The minimum atomic E-state index is -2.63. The van der Waals surface area contributed by atoms with Gasteiger partial charge in [0.2, 0.25) is 0 Å². The number of hydrogen-bond donors (Lipinski definition) is 1. The van der Waals surface area contributed by atoms with E-state index in [4.69, 9.17) is 9.10 Å². The number of amides is 1. The molecule has 2 atom stereocenters. The van der Waals surface area contributed by atoms with Crippen LogP contribution in [0, 0.1) is 29.1 Å². The molecule has 30 heavy (non-hydrogen) atoms. The molecule has 2 aromatic carbocycles. The number of nitrogens with one attached hydrogen (secondary N) is 1. The van der Waals surface area contributed by atoms with Gasteiger partial charge >= 0.3 is 0 Å². The van der Waals surface area contributed by atoms with Crippen molar-refractivity contribution in [3.05, 3.63) is 64.5 Å². The van der Waals surface area contributed by atoms with Gasteiger partial charge < -0.3 is 14.8 Å². The van der Waals surface area contributed by atoms with Crippen LogP contribution in [0.5, 0.6) is 0 Å². The van der Waals surface area contributed by atoms with Crippen LogP contribution >= 0.6 is 0 Å². The maximum atomic E-state index is 13.6. The summed E-state index contributed by atoms with van der Waals surface area (Å²) in [6, 6.07) is 11.7. The quantitative estimate of drug-likeness (QED) is 0.593. The number of nitriles is 1. The average molecular weight is 396 g/mol. The van der Waals surface area contributed by atoms with Gasteiger partial charge in [-0.05, 0) is 30.3 Å². The number of hydrogen-bond acceptors (Lipinski definition) is 4. The van der Waals surface area contributed by atoms with Crippen LogP contribution in [0.1, 0.15) is 55.5 Å². The summed E-state index contributed by atoms with van der Waals surface area (Å²) in [7, 11) is 0. The van der Waals surface area contributed by atoms with E-state index in [1.54, 1.807) is 30.3 Å². The summed E-state index contributed by atoms with van der Waals surface area (Å²) < 4.78 is 26.4. The van der Waals surface area contributed by atoms with Crippen molar-refractivity contribution in [2.45, 2.75) is 18.5 Å². The third-order valence-electron chi connectivity index (χ3n) is 6.29. The van der Waals surface area contributed by atoms with Crippen molar-refractivity contribution in [2.24, 2.45) is 5.92 Å². The molecule has 0 spiro atoms. The van der Waals surface area contributed by atoms with Crippen molar-refractivity contribution in [1.29, 1.82) is 5.26 Å². The zero-order chi connectivity index (χ0) is 22.9. The van der Waals surface area contributed by atoms with E-state index in [9.17, 15) is 10.1 Å². The van der Waals surface area contributed by atoms with Crippen LogP contribution in [0.15, 0.2) is 36.4 Å². The van der Waals surface area contributed by atoms with Gasteiger partial charge in [0, 0.05) is 53.2 Å². The first-order chi connectivity index (χ1) is 15.9. The lowest BCUT2D eigenvalue weighted by atomic mass is 9.93. The monoisotopic (exact) mass is 396 g/mol. The van der Waals surface area contributed by atoms with Crippen LogP contribution in [0.3, 0.4) is 0 Å². The molecule has 3 aromatic rings. The Kier molecular flexibility index (Phi) is 2.97. The molecule has 2 bridgehead atoms. The number of fused-ring (bicyclic) bond motifs is 9. The Hall–Kier alpha value is -3.61. The SMILES string of the molecule is [2H]C([2H])([2H])N1C(=O)c2cccc(C#CC3CNC3)c2[C@H]2C[C@@H]1c1nc3ccc(C#N)cc3n12. The molecule has 3 aliphatic rings. The summed E-state index contributed by atoms with van der Waals surface area (Å²) in [5, 5.41) is 12.6. The topological polar surface area (TPSA) is 74.0 Å². The second kappa shape index (κ2) is 6.19. The van der Waals surface area contributed by atoms with Crippen molar-refractivity contribution in [1.82, 2.24) is 19.8 Å². The van der Waals surface area contributed by atoms with E-state index in [-0.39, 0.29) is 12.0 Å². The smallest absolute Gasteiger partial charge is 0.254 e. The number of rotatable bonds is 0. The summed E-state index contributed by atoms with van der Waals surface area (Å²) in [5.41, 5.74) is 3.76. The standard InChI is InChI=1S/C24H19N5O/c1-28-21-10-20(29-19-9-14(11-25)6-8-18(19)27-23(21)29)22-16(7-5-15-12-26-13-15)3-2-4-17(22)24(28)30/h2-4,6,8-9,15,20-21,26H,10,12-13H2,1H3/t20-,21-/m1/s1/i1D3. The fourth-order valence-corrected chi connectivity index (χ4v) is 4.70. The van der Waals surface area contributed by atoms with Gasteiger partial charge in [0.25, 0.3) is 5.91 Å². The van der Waals surface area contributed by atoms with Crippen LogP contribution in [0.25, 0.3) is 11.0 Å². The molecular formula is C24H19N5O. The number of carbonyl (C=O) groups is 1. The predicted octanol–water partition coefficient (Wildman–Crippen LogP) is 2.60. The molecule has 4 heterocycles. The Morgan fingerprint density at radius 1 is 1.27 bits per heavy atom. The zero-order valence-corrected chi connectivity index (χ0v) is 16.0. The second-order valence-electron chi connectivity index (χ2n) is 7.99. The van der Waals surface area contributed by atoms with Gasteiger partial charge in [0.1, 0.15) is 5.82 Å². The van der Waals surface area contributed by atoms with E-state index < -0.39 is 18.9 Å². The number of benzene rings is 2. The summed E-state index contributed by atoms with van der Waals surface area (Å²) in [6.45, 7) is -0.947. The largest absolute Gasteiger partial charge is 0.331 e. The highest BCUT2D eigenvalue weighted by molar-refractivity contribution is 5.97. The van der Waals surface area contributed by atoms with E-state index in [0.717, 1.165) is 34.6 Å². The van der Waals surface area contributed by atoms with E-state index in [0.29, 0.717) is 28.9 Å². The highest BCUT2D eigenvalue weighted by Gasteiger charge is 2.44. The Labute approximate surface area is 178 Å². The molecule has 0 aliphatic carbocycles. The fourth-order valence-electron chi connectivity index (χ4n) is 4.70. The van der Waals surface area contributed by atoms with Crippen LogP contribution < -0.4 is 5.32 Å². The Morgan fingerprint density at radius 2 is 2.17 bits per heavy atom. The van der Waals surface area contributed by atoms with Crippen LogP contribution in [0.2, 0.25) is 0 Å². The number of nitrogens with zero attached hydrogens (tertiary/aromatic N) is 4. The molecule has 0 unspecified atom stereocenters. The maximum absolute atomic E-state index is 13.6. The molecular weight excluding hydrogens is 374 g/mol. The first kappa shape index (κ1) is 14.4. The van der Waals surface area contributed by atoms with Gasteiger partial charge in [-0.25, -0.2) is 4.98 Å². The number of carbonyl (C=O) groups excluding carboxylic acids is 1. The van der Waals surface area contributed by atoms with Gasteiger partial charge in [0.15, 0.2) is 0 Å². The van der Waals surface area contributed by atoms with Gasteiger partial charge in [-0.1, -0.05) is 17.9 Å². The molecule has 1 saturated heterocycles. The minimum absolute atomic E-state index is 0.264. The lowest BCUT2D eigenvalue weighted by molar-refractivity contribution is 0.0734. The van der Waals surface area contributed by atoms with Crippen molar-refractivity contribution in [3.8, 4) is 17.9 Å². The predicted molar refractivity (Wildman–Crippen MR) is 112 cm³/mol. The van der Waals surface area contributed by atoms with Crippen molar-refractivity contribution in [3.63, 3.8) is 0 Å². The molecule has 6 rings (SSSR count). The molecule has 1 aromatic heterocycles. The van der Waals surface area contributed by atoms with Gasteiger partial charge in [-0.2, -0.15) is 5.26 Å². The number of aromatic nitrogens is 2. The molecule has 1 amide bonds. The number of imidazole rings is 1. The third kappa shape index (κ3) is 2.29. The van der Waals surface area contributed by atoms with Crippen molar-refractivity contribution in [2.75, 3.05) is 20.1 Å². The normalized spacial score (nSPS) is 23.8. The second-order valence-corrected chi connectivity index (χ2v) is 7.99. The summed E-state index contributed by atoms with van der Waals surface area (Å²) >= 11 is 0. The maximum Gasteiger partial charge on any atom is 0.254 e. The Morgan fingerprint density at radius 3 is 2.93 bits per heavy atom. The Bertz CT molecular complexity index is 1430. The van der Waals surface area contributed by atoms with Crippen LogP contribution in [-0.2, 0) is 0 Å².